The summed E-state index contributed by atoms with van der Waals surface area (Å²) in [6.07, 6.45) is 1.69. The summed E-state index contributed by atoms with van der Waals surface area (Å²) in [5.74, 6) is 0. The number of nitrogens with one attached hydrogen (secondary N) is 2. The molecule has 116 valence electrons. The van der Waals surface area contributed by atoms with Gasteiger partial charge in [-0.05, 0) is 62.2 Å². The van der Waals surface area contributed by atoms with E-state index in [1.807, 2.05) is 51.1 Å². The van der Waals surface area contributed by atoms with E-state index in [2.05, 4.69) is 15.6 Å². The molecule has 0 amide bonds. The van der Waals surface area contributed by atoms with Crippen LogP contribution in [0.3, 0.4) is 0 Å². The smallest absolute Gasteiger partial charge is 0.0867 e. The first-order valence-electron chi connectivity index (χ1n) is 7.09. The Morgan fingerprint density at radius 2 is 1.82 bits per heavy atom. The first-order chi connectivity index (χ1) is 10.5. The molecule has 0 radical (unpaired) electrons. The van der Waals surface area contributed by atoms with E-state index < -0.39 is 0 Å². The molecule has 0 saturated heterocycles. The van der Waals surface area contributed by atoms with E-state index in [-0.39, 0.29) is 0 Å². The molecule has 0 aliphatic heterocycles. The van der Waals surface area contributed by atoms with Crippen molar-refractivity contribution in [2.45, 2.75) is 20.8 Å². The van der Waals surface area contributed by atoms with Gasteiger partial charge in [0.1, 0.15) is 0 Å². The molecule has 0 bridgehead atoms. The quantitative estimate of drug-likeness (QED) is 0.534. The van der Waals surface area contributed by atoms with Crippen molar-refractivity contribution >= 4 is 46.6 Å². The zero-order chi connectivity index (χ0) is 16.1. The highest BCUT2D eigenvalue weighted by Gasteiger charge is 2.08. The number of aryl methyl sites for hydroxylation is 2. The van der Waals surface area contributed by atoms with E-state index >= 15 is 0 Å². The third-order valence-electron chi connectivity index (χ3n) is 3.22. The highest BCUT2D eigenvalue weighted by molar-refractivity contribution is 6.34. The molecule has 2 N–H and O–H groups in total. The van der Waals surface area contributed by atoms with Crippen molar-refractivity contribution in [2.75, 3.05) is 17.2 Å². The minimum absolute atomic E-state index is 0.701. The Morgan fingerprint density at radius 3 is 2.50 bits per heavy atom. The summed E-state index contributed by atoms with van der Waals surface area (Å²) in [6, 6.07) is 9.67. The second-order valence-electron chi connectivity index (χ2n) is 5.01. The fourth-order valence-corrected chi connectivity index (χ4v) is 2.45. The molecule has 0 atom stereocenters. The van der Waals surface area contributed by atoms with E-state index in [9.17, 15) is 0 Å². The summed E-state index contributed by atoms with van der Waals surface area (Å²) in [6.45, 7) is 6.71. The van der Waals surface area contributed by atoms with Gasteiger partial charge in [0.15, 0.2) is 0 Å². The molecular formula is C17H19Cl2N3. The Bertz CT molecular complexity index is 697. The van der Waals surface area contributed by atoms with Crippen molar-refractivity contribution in [3.8, 4) is 0 Å². The zero-order valence-electron chi connectivity index (χ0n) is 12.9. The van der Waals surface area contributed by atoms with Crippen molar-refractivity contribution in [2.24, 2.45) is 4.99 Å². The number of halogens is 2. The molecule has 0 heterocycles. The SMILES string of the molecule is CCN=CNc1cc(C)c(Cl)c(Nc2ccc(Cl)cc2C)c1. The molecule has 3 nitrogen and oxygen atoms in total. The van der Waals surface area contributed by atoms with Gasteiger partial charge < -0.3 is 10.6 Å². The van der Waals surface area contributed by atoms with Crippen LogP contribution in [0, 0.1) is 13.8 Å². The first kappa shape index (κ1) is 16.7. The largest absolute Gasteiger partial charge is 0.354 e. The molecule has 2 aromatic rings. The highest BCUT2D eigenvalue weighted by Crippen LogP contribution is 2.33. The van der Waals surface area contributed by atoms with Crippen molar-refractivity contribution < 1.29 is 0 Å². The van der Waals surface area contributed by atoms with Crippen LogP contribution >= 0.6 is 23.2 Å². The number of nitrogens with zero attached hydrogens (tertiary/aromatic N) is 1. The summed E-state index contributed by atoms with van der Waals surface area (Å²) in [5.41, 5.74) is 4.82. The Labute approximate surface area is 141 Å². The molecule has 0 unspecified atom stereocenters. The molecule has 2 aromatic carbocycles. The van der Waals surface area contributed by atoms with Gasteiger partial charge in [-0.1, -0.05) is 23.2 Å². The Kier molecular flexibility index (Phi) is 5.69. The van der Waals surface area contributed by atoms with Gasteiger partial charge in [-0.3, -0.25) is 4.99 Å². The van der Waals surface area contributed by atoms with Crippen molar-refractivity contribution in [3.05, 3.63) is 51.5 Å². The monoisotopic (exact) mass is 335 g/mol. The number of rotatable bonds is 5. The first-order valence-corrected chi connectivity index (χ1v) is 7.85. The summed E-state index contributed by atoms with van der Waals surface area (Å²) >= 11 is 12.4. The molecule has 0 aromatic heterocycles. The molecule has 0 spiro atoms. The molecule has 22 heavy (non-hydrogen) atoms. The molecule has 0 saturated carbocycles. The van der Waals surface area contributed by atoms with E-state index in [1.165, 1.54) is 0 Å². The van der Waals surface area contributed by atoms with Crippen molar-refractivity contribution in [1.29, 1.82) is 0 Å². The maximum atomic E-state index is 6.41. The predicted octanol–water partition coefficient (Wildman–Crippen LogP) is 5.81. The Hall–Kier alpha value is -1.71. The number of hydrogen-bond donors (Lipinski definition) is 2. The third kappa shape index (κ3) is 4.15. The lowest BCUT2D eigenvalue weighted by atomic mass is 10.1. The lowest BCUT2D eigenvalue weighted by Gasteiger charge is -2.14. The minimum Gasteiger partial charge on any atom is -0.354 e. The van der Waals surface area contributed by atoms with Crippen LogP contribution in [0.15, 0.2) is 35.3 Å². The summed E-state index contributed by atoms with van der Waals surface area (Å²) < 4.78 is 0. The lowest BCUT2D eigenvalue weighted by molar-refractivity contribution is 1.14. The number of anilines is 3. The summed E-state index contributed by atoms with van der Waals surface area (Å²) in [5, 5.41) is 7.94. The van der Waals surface area contributed by atoms with Crippen LogP contribution in [0.4, 0.5) is 17.1 Å². The fraction of sp³-hybridized carbons (Fsp3) is 0.235. The maximum Gasteiger partial charge on any atom is 0.0867 e. The van der Waals surface area contributed by atoms with Crippen LogP contribution in [0.25, 0.3) is 0 Å². The standard InChI is InChI=1S/C17H19Cl2N3/c1-4-20-10-21-14-8-12(3)17(19)16(9-14)22-15-6-5-13(18)7-11(15)2/h5-10,22H,4H2,1-3H3,(H,20,21). The summed E-state index contributed by atoms with van der Waals surface area (Å²) in [7, 11) is 0. The number of benzene rings is 2. The van der Waals surface area contributed by atoms with Gasteiger partial charge in [-0.2, -0.15) is 0 Å². The topological polar surface area (TPSA) is 36.4 Å². The normalized spacial score (nSPS) is 11.0. The van der Waals surface area contributed by atoms with Gasteiger partial charge >= 0.3 is 0 Å². The highest BCUT2D eigenvalue weighted by atomic mass is 35.5. The maximum absolute atomic E-state index is 6.41. The fourth-order valence-electron chi connectivity index (χ4n) is 2.07. The second-order valence-corrected chi connectivity index (χ2v) is 5.83. The van der Waals surface area contributed by atoms with Crippen molar-refractivity contribution in [3.63, 3.8) is 0 Å². The molecule has 5 heteroatoms. The van der Waals surface area contributed by atoms with Gasteiger partial charge in [0.2, 0.25) is 0 Å². The number of aliphatic imine (C=N–C) groups is 1. The predicted molar refractivity (Wildman–Crippen MR) is 98.3 cm³/mol. The average molecular weight is 336 g/mol. The van der Waals surface area contributed by atoms with E-state index in [4.69, 9.17) is 23.2 Å². The van der Waals surface area contributed by atoms with E-state index in [0.717, 1.165) is 39.8 Å². The Balaban J connectivity index is 2.31. The second kappa shape index (κ2) is 7.52. The van der Waals surface area contributed by atoms with E-state index in [1.54, 1.807) is 6.34 Å². The molecule has 0 aliphatic carbocycles. The average Bonchev–Trinajstić information content (AvgIpc) is 2.47. The molecule has 0 fully saturated rings. The van der Waals surface area contributed by atoms with Crippen LogP contribution in [-0.2, 0) is 0 Å². The number of hydrogen-bond acceptors (Lipinski definition) is 2. The van der Waals surface area contributed by atoms with Crippen LogP contribution in [-0.4, -0.2) is 12.9 Å². The van der Waals surface area contributed by atoms with Gasteiger partial charge in [0.05, 0.1) is 17.0 Å². The molecular weight excluding hydrogens is 317 g/mol. The van der Waals surface area contributed by atoms with Gasteiger partial charge in [-0.25, -0.2) is 0 Å². The van der Waals surface area contributed by atoms with Crippen molar-refractivity contribution in [1.82, 2.24) is 0 Å². The van der Waals surface area contributed by atoms with Crippen LogP contribution in [0.2, 0.25) is 10.0 Å². The summed E-state index contributed by atoms with van der Waals surface area (Å²) in [4.78, 5) is 4.15. The minimum atomic E-state index is 0.701. The molecule has 0 aliphatic rings. The molecule has 2 rings (SSSR count). The van der Waals surface area contributed by atoms with Crippen LogP contribution in [0.5, 0.6) is 0 Å². The van der Waals surface area contributed by atoms with Crippen LogP contribution < -0.4 is 10.6 Å². The van der Waals surface area contributed by atoms with Gasteiger partial charge in [0.25, 0.3) is 0 Å². The van der Waals surface area contributed by atoms with Gasteiger partial charge in [0, 0.05) is 22.9 Å². The lowest BCUT2D eigenvalue weighted by Crippen LogP contribution is -2.00. The zero-order valence-corrected chi connectivity index (χ0v) is 14.4. The third-order valence-corrected chi connectivity index (χ3v) is 3.95. The van der Waals surface area contributed by atoms with E-state index in [0.29, 0.717) is 5.02 Å². The van der Waals surface area contributed by atoms with Crippen LogP contribution in [0.1, 0.15) is 18.1 Å². The Morgan fingerprint density at radius 1 is 1.05 bits per heavy atom. The van der Waals surface area contributed by atoms with Gasteiger partial charge in [-0.15, -0.1) is 0 Å².